The molecule has 2 aromatic heterocycles. The first-order valence-electron chi connectivity index (χ1n) is 5.97. The molecule has 7 nitrogen and oxygen atoms in total. The minimum atomic E-state index is -0.978. The Kier molecular flexibility index (Phi) is 4.46. The zero-order valence-corrected chi connectivity index (χ0v) is 11.6. The number of hydrogen-bond donors (Lipinski definition) is 2. The van der Waals surface area contributed by atoms with E-state index in [0.717, 1.165) is 4.88 Å². The Hall–Kier alpha value is -2.22. The second kappa shape index (κ2) is 6.29. The maximum atomic E-state index is 11.8. The van der Waals surface area contributed by atoms with Crippen LogP contribution < -0.4 is 5.32 Å². The average Bonchev–Trinajstić information content (AvgIpc) is 2.99. The van der Waals surface area contributed by atoms with Gasteiger partial charge in [0.1, 0.15) is 12.7 Å². The molecule has 0 spiro atoms. The second-order valence-electron chi connectivity index (χ2n) is 4.41. The van der Waals surface area contributed by atoms with Gasteiger partial charge in [-0.1, -0.05) is 0 Å². The van der Waals surface area contributed by atoms with Gasteiger partial charge in [-0.05, 0) is 13.0 Å². The molecule has 0 aliphatic carbocycles. The maximum absolute atomic E-state index is 11.8. The molecule has 1 unspecified atom stereocenters. The van der Waals surface area contributed by atoms with Crippen LogP contribution >= 0.6 is 11.3 Å². The van der Waals surface area contributed by atoms with E-state index < -0.39 is 5.97 Å². The van der Waals surface area contributed by atoms with Crippen molar-refractivity contribution in [3.8, 4) is 0 Å². The fourth-order valence-electron chi connectivity index (χ4n) is 1.75. The van der Waals surface area contributed by atoms with Crippen molar-refractivity contribution < 1.29 is 14.7 Å². The number of carboxylic acids is 1. The van der Waals surface area contributed by atoms with E-state index in [4.69, 9.17) is 5.11 Å². The quantitative estimate of drug-likeness (QED) is 0.820. The van der Waals surface area contributed by atoms with Crippen molar-refractivity contribution in [2.75, 3.05) is 0 Å². The minimum absolute atomic E-state index is 0.0580. The largest absolute Gasteiger partial charge is 0.478 e. The molecule has 1 amide bonds. The number of amides is 1. The summed E-state index contributed by atoms with van der Waals surface area (Å²) in [7, 11) is 0. The molecule has 2 N–H and O–H groups in total. The topological polar surface area (TPSA) is 97.1 Å². The molecule has 0 bridgehead atoms. The summed E-state index contributed by atoms with van der Waals surface area (Å²) in [6, 6.07) is 1.47. The zero-order valence-electron chi connectivity index (χ0n) is 10.8. The number of hydrogen-bond acceptors (Lipinski definition) is 5. The molecule has 2 aromatic rings. The minimum Gasteiger partial charge on any atom is -0.478 e. The fourth-order valence-corrected chi connectivity index (χ4v) is 2.60. The predicted octanol–water partition coefficient (Wildman–Crippen LogP) is 0.785. The van der Waals surface area contributed by atoms with Crippen molar-refractivity contribution in [1.29, 1.82) is 0 Å². The average molecular weight is 294 g/mol. The number of nitrogens with one attached hydrogen (secondary N) is 1. The summed E-state index contributed by atoms with van der Waals surface area (Å²) in [4.78, 5) is 23.3. The summed E-state index contributed by atoms with van der Waals surface area (Å²) in [5.41, 5.74) is 0.218. The molecule has 2 heterocycles. The van der Waals surface area contributed by atoms with Crippen LogP contribution in [0.25, 0.3) is 0 Å². The van der Waals surface area contributed by atoms with E-state index in [9.17, 15) is 9.59 Å². The highest BCUT2D eigenvalue weighted by Gasteiger charge is 2.12. The highest BCUT2D eigenvalue weighted by atomic mass is 32.1. The van der Waals surface area contributed by atoms with E-state index in [0.29, 0.717) is 6.54 Å². The van der Waals surface area contributed by atoms with E-state index in [1.807, 2.05) is 6.92 Å². The standard InChI is InChI=1S/C12H14N4O3S/c1-8(4-16-6-13-14-7-16)15-11(17)3-10-2-9(5-20-10)12(18)19/h2,5-8H,3-4H2,1H3,(H,15,17)(H,18,19). The second-order valence-corrected chi connectivity index (χ2v) is 5.41. The number of carboxylic acid groups (broad SMARTS) is 1. The molecular formula is C12H14N4O3S. The Morgan fingerprint density at radius 2 is 2.15 bits per heavy atom. The third-order valence-corrected chi connectivity index (χ3v) is 3.53. The molecule has 0 radical (unpaired) electrons. The molecule has 20 heavy (non-hydrogen) atoms. The van der Waals surface area contributed by atoms with Crippen molar-refractivity contribution in [3.05, 3.63) is 34.5 Å². The Labute approximate surface area is 119 Å². The number of rotatable bonds is 6. The van der Waals surface area contributed by atoms with E-state index in [-0.39, 0.29) is 23.9 Å². The van der Waals surface area contributed by atoms with Crippen LogP contribution in [0.5, 0.6) is 0 Å². The van der Waals surface area contributed by atoms with Crippen molar-refractivity contribution in [1.82, 2.24) is 20.1 Å². The van der Waals surface area contributed by atoms with Crippen molar-refractivity contribution in [2.24, 2.45) is 0 Å². The van der Waals surface area contributed by atoms with Crippen LogP contribution in [0, 0.1) is 0 Å². The van der Waals surface area contributed by atoms with Crippen LogP contribution in [0.1, 0.15) is 22.2 Å². The van der Waals surface area contributed by atoms with Crippen LogP contribution in [0.15, 0.2) is 24.1 Å². The van der Waals surface area contributed by atoms with Crippen LogP contribution in [0.4, 0.5) is 0 Å². The summed E-state index contributed by atoms with van der Waals surface area (Å²) in [6.45, 7) is 2.47. The summed E-state index contributed by atoms with van der Waals surface area (Å²) in [6.07, 6.45) is 3.35. The third kappa shape index (κ3) is 3.89. The molecule has 8 heteroatoms. The van der Waals surface area contributed by atoms with Gasteiger partial charge in [-0.3, -0.25) is 4.79 Å². The van der Waals surface area contributed by atoms with Gasteiger partial charge in [0.2, 0.25) is 5.91 Å². The first kappa shape index (κ1) is 14.2. The molecule has 0 saturated heterocycles. The molecule has 0 aromatic carbocycles. The number of aromatic nitrogens is 3. The highest BCUT2D eigenvalue weighted by Crippen LogP contribution is 2.15. The lowest BCUT2D eigenvalue weighted by Crippen LogP contribution is -2.36. The van der Waals surface area contributed by atoms with Gasteiger partial charge in [-0.15, -0.1) is 21.5 Å². The smallest absolute Gasteiger partial charge is 0.336 e. The van der Waals surface area contributed by atoms with E-state index in [1.54, 1.807) is 17.2 Å². The van der Waals surface area contributed by atoms with Gasteiger partial charge in [0.05, 0.1) is 12.0 Å². The van der Waals surface area contributed by atoms with Gasteiger partial charge < -0.3 is 15.0 Å². The Balaban J connectivity index is 1.83. The van der Waals surface area contributed by atoms with Crippen LogP contribution in [-0.2, 0) is 17.8 Å². The molecule has 0 aliphatic heterocycles. The van der Waals surface area contributed by atoms with Gasteiger partial charge in [-0.25, -0.2) is 4.79 Å². The third-order valence-electron chi connectivity index (χ3n) is 2.59. The monoisotopic (exact) mass is 294 g/mol. The Morgan fingerprint density at radius 3 is 2.75 bits per heavy atom. The van der Waals surface area contributed by atoms with E-state index in [2.05, 4.69) is 15.5 Å². The van der Waals surface area contributed by atoms with Gasteiger partial charge in [0, 0.05) is 22.8 Å². The molecule has 0 fully saturated rings. The number of nitrogens with zero attached hydrogens (tertiary/aromatic N) is 3. The van der Waals surface area contributed by atoms with Gasteiger partial charge in [-0.2, -0.15) is 0 Å². The van der Waals surface area contributed by atoms with Crippen LogP contribution in [0.2, 0.25) is 0 Å². The molecule has 106 valence electrons. The van der Waals surface area contributed by atoms with Crippen LogP contribution in [0.3, 0.4) is 0 Å². The normalized spacial score (nSPS) is 12.1. The lowest BCUT2D eigenvalue weighted by atomic mass is 10.2. The van der Waals surface area contributed by atoms with Crippen LogP contribution in [-0.4, -0.2) is 37.8 Å². The molecular weight excluding hydrogens is 280 g/mol. The van der Waals surface area contributed by atoms with E-state index >= 15 is 0 Å². The number of carbonyl (C=O) groups is 2. The molecule has 1 atom stereocenters. The highest BCUT2D eigenvalue weighted by molar-refractivity contribution is 7.10. The fraction of sp³-hybridized carbons (Fsp3) is 0.333. The number of thiophene rings is 1. The summed E-state index contributed by atoms with van der Waals surface area (Å²) in [5, 5.41) is 20.6. The van der Waals surface area contributed by atoms with E-state index in [1.165, 1.54) is 22.8 Å². The number of aromatic carboxylic acids is 1. The zero-order chi connectivity index (χ0) is 14.5. The van der Waals surface area contributed by atoms with Crippen molar-refractivity contribution >= 4 is 23.2 Å². The first-order valence-corrected chi connectivity index (χ1v) is 6.85. The Morgan fingerprint density at radius 1 is 1.45 bits per heavy atom. The van der Waals surface area contributed by atoms with Gasteiger partial charge in [0.25, 0.3) is 0 Å². The van der Waals surface area contributed by atoms with Gasteiger partial charge >= 0.3 is 5.97 Å². The van der Waals surface area contributed by atoms with Crippen molar-refractivity contribution in [3.63, 3.8) is 0 Å². The first-order chi connectivity index (χ1) is 9.54. The molecule has 2 rings (SSSR count). The van der Waals surface area contributed by atoms with Crippen molar-refractivity contribution in [2.45, 2.75) is 25.9 Å². The molecule has 0 aliphatic rings. The predicted molar refractivity (Wildman–Crippen MR) is 72.6 cm³/mol. The number of carbonyl (C=O) groups excluding carboxylic acids is 1. The lowest BCUT2D eigenvalue weighted by Gasteiger charge is -2.13. The maximum Gasteiger partial charge on any atom is 0.336 e. The summed E-state index contributed by atoms with van der Waals surface area (Å²) < 4.78 is 1.78. The Bertz CT molecular complexity index is 594. The SMILES string of the molecule is CC(Cn1cnnc1)NC(=O)Cc1cc(C(=O)O)cs1. The summed E-state index contributed by atoms with van der Waals surface area (Å²) >= 11 is 1.27. The summed E-state index contributed by atoms with van der Waals surface area (Å²) in [5.74, 6) is -1.11. The van der Waals surface area contributed by atoms with Gasteiger partial charge in [0.15, 0.2) is 0 Å². The lowest BCUT2D eigenvalue weighted by molar-refractivity contribution is -0.121. The molecule has 0 saturated carbocycles.